The van der Waals surface area contributed by atoms with Crippen molar-refractivity contribution in [1.29, 1.82) is 0 Å². The Bertz CT molecular complexity index is 208. The molecule has 1 N–H and O–H groups in total. The molecule has 6 heteroatoms. The van der Waals surface area contributed by atoms with E-state index in [4.69, 9.17) is 14.3 Å². The van der Waals surface area contributed by atoms with E-state index in [1.807, 2.05) is 6.92 Å². The van der Waals surface area contributed by atoms with Crippen LogP contribution in [0.3, 0.4) is 0 Å². The molecule has 14 heavy (non-hydrogen) atoms. The predicted octanol–water partition coefficient (Wildman–Crippen LogP) is 2.45. The lowest BCUT2D eigenvalue weighted by Gasteiger charge is -2.10. The fourth-order valence-electron chi connectivity index (χ4n) is 0.645. The zero-order chi connectivity index (χ0) is 11.0. The van der Waals surface area contributed by atoms with Crippen LogP contribution < -0.4 is 0 Å². The van der Waals surface area contributed by atoms with Gasteiger partial charge in [-0.05, 0) is 20.3 Å². The van der Waals surface area contributed by atoms with Crippen molar-refractivity contribution in [3.05, 3.63) is 0 Å². The molecule has 0 aliphatic rings. The highest BCUT2D eigenvalue weighted by molar-refractivity contribution is 7.33. The van der Waals surface area contributed by atoms with Crippen LogP contribution in [0.15, 0.2) is 5.16 Å². The van der Waals surface area contributed by atoms with Crippen molar-refractivity contribution in [3.8, 4) is 0 Å². The fraction of sp³-hybridized carbons (Fsp3) is 0.875. The highest BCUT2D eigenvalue weighted by atomic mass is 31.1. The molecule has 0 amide bonds. The molecule has 0 heterocycles. The average molecular weight is 223 g/mol. The fourth-order valence-corrected chi connectivity index (χ4v) is 1.48. The number of oxime groups is 1. The molecular weight excluding hydrogens is 205 g/mol. The monoisotopic (exact) mass is 223 g/mol. The molecule has 0 fully saturated rings. The van der Waals surface area contributed by atoms with Crippen LogP contribution in [0.4, 0.5) is 0 Å². The summed E-state index contributed by atoms with van der Waals surface area (Å²) in [7, 11) is -2.46. The van der Waals surface area contributed by atoms with Gasteiger partial charge >= 0.3 is 8.25 Å². The van der Waals surface area contributed by atoms with Gasteiger partial charge in [0.2, 0.25) is 0 Å². The predicted molar refractivity (Wildman–Crippen MR) is 55.3 cm³/mol. The topological polar surface area (TPSA) is 68.1 Å². The zero-order valence-electron chi connectivity index (χ0n) is 8.82. The summed E-state index contributed by atoms with van der Waals surface area (Å²) in [5, 5.41) is 11.4. The second kappa shape index (κ2) is 7.97. The Morgan fingerprint density at radius 1 is 1.64 bits per heavy atom. The maximum absolute atomic E-state index is 11.2. The molecule has 0 aromatic carbocycles. The molecule has 0 aliphatic carbocycles. The second-order valence-electron chi connectivity index (χ2n) is 2.95. The molecule has 0 saturated carbocycles. The van der Waals surface area contributed by atoms with Gasteiger partial charge in [0.05, 0.1) is 12.3 Å². The Labute approximate surface area is 85.0 Å². The number of hydrogen-bond acceptors (Lipinski definition) is 5. The Morgan fingerprint density at radius 3 is 2.79 bits per heavy atom. The van der Waals surface area contributed by atoms with E-state index in [1.165, 1.54) is 0 Å². The van der Waals surface area contributed by atoms with E-state index >= 15 is 0 Å². The minimum absolute atomic E-state index is 0.377. The van der Waals surface area contributed by atoms with E-state index < -0.39 is 14.4 Å². The van der Waals surface area contributed by atoms with E-state index in [2.05, 4.69) is 5.16 Å². The lowest BCUT2D eigenvalue weighted by molar-refractivity contribution is 0.205. The van der Waals surface area contributed by atoms with Crippen LogP contribution in [0.25, 0.3) is 0 Å². The summed E-state index contributed by atoms with van der Waals surface area (Å²) in [5.74, 6) is 0. The summed E-state index contributed by atoms with van der Waals surface area (Å²) in [5.41, 5.74) is 0.377. The Balaban J connectivity index is 3.71. The first kappa shape index (κ1) is 13.6. The minimum atomic E-state index is -2.46. The number of hydrogen-bond donors (Lipinski definition) is 1. The third-order valence-electron chi connectivity index (χ3n) is 1.74. The molecule has 0 spiro atoms. The van der Waals surface area contributed by atoms with Crippen LogP contribution in [0.2, 0.25) is 0 Å². The zero-order valence-corrected chi connectivity index (χ0v) is 9.82. The summed E-state index contributed by atoms with van der Waals surface area (Å²) < 4.78 is 21.1. The van der Waals surface area contributed by atoms with Gasteiger partial charge in [0.25, 0.3) is 0 Å². The third kappa shape index (κ3) is 6.13. The molecule has 0 aliphatic heterocycles. The van der Waals surface area contributed by atoms with Crippen LogP contribution in [-0.4, -0.2) is 23.6 Å². The van der Waals surface area contributed by atoms with Gasteiger partial charge in [-0.1, -0.05) is 18.5 Å². The van der Waals surface area contributed by atoms with Crippen molar-refractivity contribution >= 4 is 14.0 Å². The largest absolute Gasteiger partial charge is 0.411 e. The standard InChI is InChI=1S/C8H18NO4P/c1-4-5-6-12-14(11)13-8(3)7(2)9-10/h8,10,14H,4-6H2,1-3H3. The van der Waals surface area contributed by atoms with Gasteiger partial charge in [-0.15, -0.1) is 0 Å². The smallest absolute Gasteiger partial charge is 0.319 e. The highest BCUT2D eigenvalue weighted by Crippen LogP contribution is 2.26. The molecule has 2 unspecified atom stereocenters. The molecule has 0 bridgehead atoms. The number of rotatable bonds is 7. The van der Waals surface area contributed by atoms with Gasteiger partial charge in [0.15, 0.2) is 0 Å². The van der Waals surface area contributed by atoms with Crippen LogP contribution in [0, 0.1) is 0 Å². The first-order valence-corrected chi connectivity index (χ1v) is 5.86. The summed E-state index contributed by atoms with van der Waals surface area (Å²) in [6.07, 6.45) is 1.37. The number of nitrogens with zero attached hydrogens (tertiary/aromatic N) is 1. The van der Waals surface area contributed by atoms with Crippen LogP contribution in [-0.2, 0) is 13.6 Å². The summed E-state index contributed by atoms with van der Waals surface area (Å²) in [4.78, 5) is 0. The van der Waals surface area contributed by atoms with Gasteiger partial charge in [-0.2, -0.15) is 0 Å². The molecule has 2 atom stereocenters. The van der Waals surface area contributed by atoms with Gasteiger partial charge in [0, 0.05) is 0 Å². The van der Waals surface area contributed by atoms with Crippen LogP contribution in [0.5, 0.6) is 0 Å². The third-order valence-corrected chi connectivity index (χ3v) is 2.72. The van der Waals surface area contributed by atoms with E-state index in [1.54, 1.807) is 13.8 Å². The Hall–Kier alpha value is -0.380. The van der Waals surface area contributed by atoms with E-state index in [9.17, 15) is 4.57 Å². The van der Waals surface area contributed by atoms with E-state index in [-0.39, 0.29) is 0 Å². The SMILES string of the molecule is CCCCO[PH](=O)OC(C)C(C)=NO. The van der Waals surface area contributed by atoms with Crippen molar-refractivity contribution in [1.82, 2.24) is 0 Å². The van der Waals surface area contributed by atoms with Crippen molar-refractivity contribution in [2.75, 3.05) is 6.61 Å². The molecule has 0 radical (unpaired) electrons. The van der Waals surface area contributed by atoms with Gasteiger partial charge in [-0.3, -0.25) is 4.57 Å². The Morgan fingerprint density at radius 2 is 2.29 bits per heavy atom. The average Bonchev–Trinajstić information content (AvgIpc) is 2.16. The Kier molecular flexibility index (Phi) is 7.76. The normalized spacial score (nSPS) is 16.6. The summed E-state index contributed by atoms with van der Waals surface area (Å²) in [6.45, 7) is 5.70. The van der Waals surface area contributed by atoms with E-state index in [0.29, 0.717) is 12.3 Å². The number of unbranched alkanes of at least 4 members (excludes halogenated alkanes) is 1. The second-order valence-corrected chi connectivity index (χ2v) is 3.98. The van der Waals surface area contributed by atoms with Crippen LogP contribution >= 0.6 is 8.25 Å². The van der Waals surface area contributed by atoms with Gasteiger partial charge in [-0.25, -0.2) is 0 Å². The molecule has 0 aromatic heterocycles. The highest BCUT2D eigenvalue weighted by Gasteiger charge is 2.10. The molecule has 5 nitrogen and oxygen atoms in total. The minimum Gasteiger partial charge on any atom is -0.411 e. The molecule has 0 rings (SSSR count). The lowest BCUT2D eigenvalue weighted by atomic mass is 10.3. The maximum Gasteiger partial charge on any atom is 0.319 e. The maximum atomic E-state index is 11.2. The first-order chi connectivity index (χ1) is 6.61. The first-order valence-electron chi connectivity index (χ1n) is 4.63. The summed E-state index contributed by atoms with van der Waals surface area (Å²) in [6, 6.07) is 0. The van der Waals surface area contributed by atoms with Gasteiger partial charge in [0.1, 0.15) is 6.10 Å². The quantitative estimate of drug-likeness (QED) is 0.236. The molecule has 0 aromatic rings. The van der Waals surface area contributed by atoms with Crippen molar-refractivity contribution < 1.29 is 18.8 Å². The van der Waals surface area contributed by atoms with Crippen molar-refractivity contribution in [2.45, 2.75) is 39.7 Å². The molecule has 84 valence electrons. The van der Waals surface area contributed by atoms with E-state index in [0.717, 1.165) is 12.8 Å². The summed E-state index contributed by atoms with van der Waals surface area (Å²) >= 11 is 0. The van der Waals surface area contributed by atoms with Crippen molar-refractivity contribution in [3.63, 3.8) is 0 Å². The lowest BCUT2D eigenvalue weighted by Crippen LogP contribution is -2.14. The molecular formula is C8H18NO4P. The van der Waals surface area contributed by atoms with Gasteiger partial charge < -0.3 is 14.3 Å². The van der Waals surface area contributed by atoms with Crippen LogP contribution in [0.1, 0.15) is 33.6 Å². The molecule has 0 saturated heterocycles. The van der Waals surface area contributed by atoms with Crippen molar-refractivity contribution in [2.24, 2.45) is 5.16 Å².